The Labute approximate surface area is 126 Å². The normalized spacial score (nSPS) is 22.4. The molecule has 0 bridgehead atoms. The van der Waals surface area contributed by atoms with Gasteiger partial charge in [-0.1, -0.05) is 12.1 Å². The highest BCUT2D eigenvalue weighted by molar-refractivity contribution is 5.78. The number of nitrogens with zero attached hydrogens (tertiary/aromatic N) is 1. The first-order chi connectivity index (χ1) is 10.2. The molecule has 1 saturated heterocycles. The van der Waals surface area contributed by atoms with Gasteiger partial charge in [-0.05, 0) is 31.0 Å². The predicted octanol–water partition coefficient (Wildman–Crippen LogP) is 1.72. The molecule has 2 atom stereocenters. The van der Waals surface area contributed by atoms with Crippen molar-refractivity contribution < 1.29 is 14.3 Å². The molecule has 1 aromatic carbocycles. The third kappa shape index (κ3) is 3.74. The fourth-order valence-electron chi connectivity index (χ4n) is 2.81. The van der Waals surface area contributed by atoms with Gasteiger partial charge in [0.15, 0.2) is 0 Å². The van der Waals surface area contributed by atoms with Crippen LogP contribution in [0.15, 0.2) is 24.3 Å². The van der Waals surface area contributed by atoms with Crippen LogP contribution in [0.3, 0.4) is 0 Å². The van der Waals surface area contributed by atoms with Crippen molar-refractivity contribution in [1.82, 2.24) is 4.90 Å². The van der Waals surface area contributed by atoms with Gasteiger partial charge in [0.05, 0.1) is 19.3 Å². The Morgan fingerprint density at radius 3 is 2.95 bits per heavy atom. The van der Waals surface area contributed by atoms with Crippen LogP contribution in [0, 0.1) is 0 Å². The monoisotopic (exact) mass is 292 g/mol. The molecule has 1 aliphatic heterocycles. The Hall–Kier alpha value is -1.59. The molecule has 0 radical (unpaired) electrons. The van der Waals surface area contributed by atoms with Crippen molar-refractivity contribution in [1.29, 1.82) is 0 Å². The van der Waals surface area contributed by atoms with Gasteiger partial charge in [0, 0.05) is 26.1 Å². The van der Waals surface area contributed by atoms with Gasteiger partial charge in [0.2, 0.25) is 5.91 Å². The summed E-state index contributed by atoms with van der Waals surface area (Å²) in [6.07, 6.45) is 1.22. The molecular formula is C16H24N2O3. The summed E-state index contributed by atoms with van der Waals surface area (Å²) in [5, 5.41) is 0. The van der Waals surface area contributed by atoms with E-state index in [1.807, 2.05) is 36.1 Å². The molecule has 5 heteroatoms. The summed E-state index contributed by atoms with van der Waals surface area (Å²) in [5.74, 6) is 0.951. The molecule has 1 heterocycles. The molecule has 1 amide bonds. The zero-order valence-corrected chi connectivity index (χ0v) is 12.7. The van der Waals surface area contributed by atoms with Gasteiger partial charge < -0.3 is 20.1 Å². The Morgan fingerprint density at radius 1 is 1.43 bits per heavy atom. The number of carbonyl (C=O) groups excluding carboxylic acids is 1. The molecule has 116 valence electrons. The van der Waals surface area contributed by atoms with Crippen molar-refractivity contribution in [3.63, 3.8) is 0 Å². The van der Waals surface area contributed by atoms with Crippen molar-refractivity contribution in [3.05, 3.63) is 29.8 Å². The number of hydrogen-bond donors (Lipinski definition) is 1. The van der Waals surface area contributed by atoms with E-state index < -0.39 is 0 Å². The summed E-state index contributed by atoms with van der Waals surface area (Å²) >= 11 is 0. The zero-order chi connectivity index (χ0) is 15.2. The summed E-state index contributed by atoms with van der Waals surface area (Å²) in [7, 11) is 1.64. The largest absolute Gasteiger partial charge is 0.494 e. The van der Waals surface area contributed by atoms with Gasteiger partial charge in [-0.3, -0.25) is 4.79 Å². The number of nitrogens with two attached hydrogens (primary N) is 1. The van der Waals surface area contributed by atoms with Crippen LogP contribution < -0.4 is 10.5 Å². The van der Waals surface area contributed by atoms with Gasteiger partial charge in [-0.25, -0.2) is 0 Å². The summed E-state index contributed by atoms with van der Waals surface area (Å²) in [6.45, 7) is 3.65. The van der Waals surface area contributed by atoms with Crippen LogP contribution in [-0.4, -0.2) is 43.7 Å². The molecule has 1 aromatic rings. The van der Waals surface area contributed by atoms with E-state index in [0.29, 0.717) is 32.6 Å². The number of carbonyl (C=O) groups is 1. The molecular weight excluding hydrogens is 268 g/mol. The highest BCUT2D eigenvalue weighted by Crippen LogP contribution is 2.32. The van der Waals surface area contributed by atoms with E-state index >= 15 is 0 Å². The predicted molar refractivity (Wildman–Crippen MR) is 81.2 cm³/mol. The number of hydrogen-bond acceptors (Lipinski definition) is 4. The maximum absolute atomic E-state index is 12.2. The van der Waals surface area contributed by atoms with Crippen LogP contribution in [0.25, 0.3) is 0 Å². The van der Waals surface area contributed by atoms with E-state index in [4.69, 9.17) is 15.2 Å². The first kappa shape index (κ1) is 15.8. The van der Waals surface area contributed by atoms with Crippen LogP contribution >= 0.6 is 0 Å². The summed E-state index contributed by atoms with van der Waals surface area (Å²) in [6, 6.07) is 7.68. The van der Waals surface area contributed by atoms with Crippen LogP contribution in [0.5, 0.6) is 5.75 Å². The minimum atomic E-state index is -0.109. The topological polar surface area (TPSA) is 64.8 Å². The van der Waals surface area contributed by atoms with Crippen molar-refractivity contribution in [2.24, 2.45) is 5.73 Å². The number of likely N-dealkylation sites (tertiary alicyclic amines) is 1. The molecule has 2 N–H and O–H groups in total. The van der Waals surface area contributed by atoms with Crippen LogP contribution in [0.2, 0.25) is 0 Å². The zero-order valence-electron chi connectivity index (χ0n) is 12.7. The quantitative estimate of drug-likeness (QED) is 0.867. The Bertz CT molecular complexity index is 478. The Morgan fingerprint density at radius 2 is 2.24 bits per heavy atom. The highest BCUT2D eigenvalue weighted by atomic mass is 16.5. The number of piperidine rings is 1. The average molecular weight is 292 g/mol. The third-order valence-electron chi connectivity index (χ3n) is 3.80. The lowest BCUT2D eigenvalue weighted by molar-refractivity contribution is -0.138. The number of rotatable bonds is 6. The minimum Gasteiger partial charge on any atom is -0.494 e. The maximum Gasteiger partial charge on any atom is 0.223 e. The molecule has 2 unspecified atom stereocenters. The molecule has 0 spiro atoms. The first-order valence-corrected chi connectivity index (χ1v) is 7.44. The van der Waals surface area contributed by atoms with Gasteiger partial charge in [-0.2, -0.15) is 0 Å². The van der Waals surface area contributed by atoms with Crippen molar-refractivity contribution in [2.75, 3.05) is 26.9 Å². The van der Waals surface area contributed by atoms with E-state index in [1.165, 1.54) is 0 Å². The van der Waals surface area contributed by atoms with Crippen LogP contribution in [-0.2, 0) is 9.53 Å². The van der Waals surface area contributed by atoms with E-state index in [0.717, 1.165) is 11.3 Å². The molecule has 0 aromatic heterocycles. The van der Waals surface area contributed by atoms with Gasteiger partial charge in [0.25, 0.3) is 0 Å². The Kier molecular flexibility index (Phi) is 5.59. The molecule has 0 saturated carbocycles. The summed E-state index contributed by atoms with van der Waals surface area (Å²) in [5.41, 5.74) is 7.31. The molecule has 5 nitrogen and oxygen atoms in total. The standard InChI is InChI=1S/C16H24N2O3/c1-3-21-13-6-4-5-12(11-13)16-14(17)7-8-15(19)18(16)9-10-20-2/h4-6,11,14,16H,3,7-10,17H2,1-2H3. The van der Waals surface area contributed by atoms with E-state index in [2.05, 4.69) is 0 Å². The minimum absolute atomic E-state index is 0.0589. The SMILES string of the molecule is CCOc1cccc(C2C(N)CCC(=O)N2CCOC)c1. The smallest absolute Gasteiger partial charge is 0.223 e. The molecule has 1 aliphatic rings. The van der Waals surface area contributed by atoms with Crippen molar-refractivity contribution in [3.8, 4) is 5.75 Å². The van der Waals surface area contributed by atoms with Crippen molar-refractivity contribution in [2.45, 2.75) is 31.8 Å². The fraction of sp³-hybridized carbons (Fsp3) is 0.562. The lowest BCUT2D eigenvalue weighted by atomic mass is 9.90. The highest BCUT2D eigenvalue weighted by Gasteiger charge is 2.34. The van der Waals surface area contributed by atoms with E-state index in [-0.39, 0.29) is 18.0 Å². The molecule has 21 heavy (non-hydrogen) atoms. The van der Waals surface area contributed by atoms with Gasteiger partial charge in [0.1, 0.15) is 5.75 Å². The molecule has 1 fully saturated rings. The summed E-state index contributed by atoms with van der Waals surface area (Å²) in [4.78, 5) is 14.1. The van der Waals surface area contributed by atoms with Gasteiger partial charge >= 0.3 is 0 Å². The van der Waals surface area contributed by atoms with Crippen LogP contribution in [0.4, 0.5) is 0 Å². The second kappa shape index (κ2) is 7.43. The lowest BCUT2D eigenvalue weighted by Gasteiger charge is -2.40. The number of methoxy groups -OCH3 is 1. The summed E-state index contributed by atoms with van der Waals surface area (Å²) < 4.78 is 10.7. The van der Waals surface area contributed by atoms with E-state index in [1.54, 1.807) is 7.11 Å². The second-order valence-corrected chi connectivity index (χ2v) is 5.23. The third-order valence-corrected chi connectivity index (χ3v) is 3.80. The Balaban J connectivity index is 2.26. The lowest BCUT2D eigenvalue weighted by Crippen LogP contribution is -2.49. The second-order valence-electron chi connectivity index (χ2n) is 5.23. The first-order valence-electron chi connectivity index (χ1n) is 7.44. The average Bonchev–Trinajstić information content (AvgIpc) is 2.48. The van der Waals surface area contributed by atoms with Crippen LogP contribution in [0.1, 0.15) is 31.4 Å². The molecule has 2 rings (SSSR count). The number of ether oxygens (including phenoxy) is 2. The number of benzene rings is 1. The van der Waals surface area contributed by atoms with Crippen molar-refractivity contribution >= 4 is 5.91 Å². The van der Waals surface area contributed by atoms with Gasteiger partial charge in [-0.15, -0.1) is 0 Å². The maximum atomic E-state index is 12.2. The van der Waals surface area contributed by atoms with E-state index in [9.17, 15) is 4.79 Å². The molecule has 0 aliphatic carbocycles. The fourth-order valence-corrected chi connectivity index (χ4v) is 2.81. The number of amides is 1.